The third-order valence-electron chi connectivity index (χ3n) is 7.32. The van der Waals surface area contributed by atoms with Gasteiger partial charge in [0, 0.05) is 12.0 Å². The molecule has 0 N–H and O–H groups in total. The van der Waals surface area contributed by atoms with Crippen LogP contribution in [-0.2, 0) is 9.22 Å². The Bertz CT molecular complexity index is 371. The number of rotatable bonds is 7. The van der Waals surface area contributed by atoms with Gasteiger partial charge in [-0.2, -0.15) is 0 Å². The van der Waals surface area contributed by atoms with Crippen molar-refractivity contribution in [1.29, 1.82) is 0 Å². The average molecular weight is 325 g/mol. The molecule has 0 heterocycles. The van der Waals surface area contributed by atoms with Gasteiger partial charge < -0.3 is 9.22 Å². The zero-order valence-corrected chi connectivity index (χ0v) is 16.4. The van der Waals surface area contributed by atoms with E-state index in [0.29, 0.717) is 23.4 Å². The normalized spacial score (nSPS) is 36.9. The predicted molar refractivity (Wildman–Crippen MR) is 95.5 cm³/mol. The third kappa shape index (κ3) is 3.08. The second-order valence-electron chi connectivity index (χ2n) is 8.08. The first-order chi connectivity index (χ1) is 10.5. The molecule has 0 saturated heterocycles. The quantitative estimate of drug-likeness (QED) is 0.461. The number of carbonyl (C=O) groups is 1. The molecule has 0 aliphatic heterocycles. The fourth-order valence-electron chi connectivity index (χ4n) is 5.58. The first-order valence-corrected chi connectivity index (χ1v) is 12.1. The minimum Gasteiger partial charge on any atom is -0.414 e. The van der Waals surface area contributed by atoms with Gasteiger partial charge in [0.05, 0.1) is 0 Å². The highest BCUT2D eigenvalue weighted by Gasteiger charge is 2.53. The van der Waals surface area contributed by atoms with E-state index < -0.39 is 8.32 Å². The molecule has 0 amide bonds. The van der Waals surface area contributed by atoms with Gasteiger partial charge in [-0.15, -0.1) is 0 Å². The Hall–Kier alpha value is -0.153. The fourth-order valence-corrected chi connectivity index (χ4v) is 8.51. The highest BCUT2D eigenvalue weighted by molar-refractivity contribution is 6.73. The smallest absolute Gasteiger partial charge is 0.192 e. The molecule has 2 rings (SSSR count). The monoisotopic (exact) mass is 324 g/mol. The van der Waals surface area contributed by atoms with Crippen LogP contribution in [0.2, 0.25) is 18.1 Å². The van der Waals surface area contributed by atoms with Crippen molar-refractivity contribution in [2.45, 2.75) is 91.0 Å². The third-order valence-corrected chi connectivity index (χ3v) is 12.0. The van der Waals surface area contributed by atoms with Crippen LogP contribution >= 0.6 is 0 Å². The number of hydrogen-bond acceptors (Lipinski definition) is 2. The van der Waals surface area contributed by atoms with E-state index in [-0.39, 0.29) is 5.92 Å². The molecule has 1 unspecified atom stereocenters. The summed E-state index contributed by atoms with van der Waals surface area (Å²) in [5.41, 5.74) is 0.332. The van der Waals surface area contributed by atoms with Crippen LogP contribution in [0.3, 0.4) is 0 Å². The predicted octanol–water partition coefficient (Wildman–Crippen LogP) is 5.43. The van der Waals surface area contributed by atoms with Crippen molar-refractivity contribution in [2.24, 2.45) is 23.2 Å². The van der Waals surface area contributed by atoms with Gasteiger partial charge in [-0.1, -0.05) is 41.0 Å². The summed E-state index contributed by atoms with van der Waals surface area (Å²) in [5.74, 6) is 1.46. The van der Waals surface area contributed by atoms with E-state index in [1.54, 1.807) is 0 Å². The van der Waals surface area contributed by atoms with Gasteiger partial charge >= 0.3 is 0 Å². The second-order valence-corrected chi connectivity index (χ2v) is 12.8. The summed E-state index contributed by atoms with van der Waals surface area (Å²) in [6.45, 7) is 11.6. The minimum atomic E-state index is -1.52. The van der Waals surface area contributed by atoms with Crippen molar-refractivity contribution in [2.75, 3.05) is 0 Å². The van der Waals surface area contributed by atoms with Crippen molar-refractivity contribution in [3.8, 4) is 0 Å². The van der Waals surface area contributed by atoms with Crippen LogP contribution < -0.4 is 0 Å². The van der Waals surface area contributed by atoms with E-state index in [1.165, 1.54) is 56.5 Å². The molecule has 0 aromatic heterocycles. The summed E-state index contributed by atoms with van der Waals surface area (Å²) in [6, 6.07) is 3.73. The van der Waals surface area contributed by atoms with Gasteiger partial charge in [0.15, 0.2) is 8.32 Å². The van der Waals surface area contributed by atoms with E-state index in [1.807, 2.05) is 0 Å². The lowest BCUT2D eigenvalue weighted by molar-refractivity contribution is -0.114. The molecule has 2 aliphatic rings. The summed E-state index contributed by atoms with van der Waals surface area (Å²) < 4.78 is 6.92. The van der Waals surface area contributed by atoms with E-state index in [4.69, 9.17) is 4.43 Å². The Morgan fingerprint density at radius 3 is 2.36 bits per heavy atom. The van der Waals surface area contributed by atoms with E-state index in [2.05, 4.69) is 34.6 Å². The van der Waals surface area contributed by atoms with Crippen molar-refractivity contribution in [1.82, 2.24) is 0 Å². The lowest BCUT2D eigenvalue weighted by Crippen LogP contribution is -2.48. The zero-order chi connectivity index (χ0) is 16.4. The second kappa shape index (κ2) is 7.17. The SMILES string of the molecule is CC[Si](CC)(CC)O[C@@H]1CCC[C@@]2(C)[C@@H](C(C)C=O)CC[C@H]12. The van der Waals surface area contributed by atoms with Crippen LogP contribution in [0.15, 0.2) is 0 Å². The first kappa shape index (κ1) is 18.2. The van der Waals surface area contributed by atoms with Gasteiger partial charge in [-0.05, 0) is 61.1 Å². The standard InChI is InChI=1S/C19H36O2Si/c1-6-22(7-2,8-3)21-18-10-9-13-19(5)16(15(4)14-20)11-12-17(18)19/h14-18H,6-13H2,1-5H3/t15?,16-,17-,18-,19+/m1/s1. The molecular weight excluding hydrogens is 288 g/mol. The molecule has 0 spiro atoms. The summed E-state index contributed by atoms with van der Waals surface area (Å²) >= 11 is 0. The topological polar surface area (TPSA) is 26.3 Å². The summed E-state index contributed by atoms with van der Waals surface area (Å²) in [5, 5.41) is 0. The molecule has 0 aromatic rings. The van der Waals surface area contributed by atoms with Gasteiger partial charge in [-0.3, -0.25) is 0 Å². The molecule has 0 aromatic carbocycles. The minimum absolute atomic E-state index is 0.208. The van der Waals surface area contributed by atoms with E-state index in [9.17, 15) is 4.79 Å². The molecule has 5 atom stereocenters. The molecule has 3 heteroatoms. The maximum Gasteiger partial charge on any atom is 0.192 e. The Labute approximate surface area is 138 Å². The molecule has 0 radical (unpaired) electrons. The number of carbonyl (C=O) groups excluding carboxylic acids is 1. The van der Waals surface area contributed by atoms with Crippen LogP contribution in [-0.4, -0.2) is 20.7 Å². The van der Waals surface area contributed by atoms with E-state index >= 15 is 0 Å². The molecule has 128 valence electrons. The zero-order valence-electron chi connectivity index (χ0n) is 15.4. The molecule has 22 heavy (non-hydrogen) atoms. The van der Waals surface area contributed by atoms with Crippen LogP contribution in [0.5, 0.6) is 0 Å². The summed E-state index contributed by atoms with van der Waals surface area (Å²) in [6.07, 6.45) is 7.96. The van der Waals surface area contributed by atoms with Crippen LogP contribution in [0.25, 0.3) is 0 Å². The maximum absolute atomic E-state index is 11.3. The Morgan fingerprint density at radius 2 is 1.82 bits per heavy atom. The largest absolute Gasteiger partial charge is 0.414 e. The highest BCUT2D eigenvalue weighted by Crippen LogP contribution is 2.58. The molecule has 2 saturated carbocycles. The fraction of sp³-hybridized carbons (Fsp3) is 0.947. The highest BCUT2D eigenvalue weighted by atomic mass is 28.4. The van der Waals surface area contributed by atoms with Crippen molar-refractivity contribution in [3.05, 3.63) is 0 Å². The average Bonchev–Trinajstić information content (AvgIpc) is 2.90. The van der Waals surface area contributed by atoms with Gasteiger partial charge in [0.2, 0.25) is 0 Å². The van der Waals surface area contributed by atoms with Crippen LogP contribution in [0.4, 0.5) is 0 Å². The van der Waals surface area contributed by atoms with Crippen molar-refractivity contribution >= 4 is 14.6 Å². The van der Waals surface area contributed by atoms with Crippen LogP contribution in [0.1, 0.15) is 66.7 Å². The van der Waals surface area contributed by atoms with E-state index in [0.717, 1.165) is 0 Å². The molecular formula is C19H36O2Si. The molecule has 2 fully saturated rings. The van der Waals surface area contributed by atoms with Gasteiger partial charge in [0.25, 0.3) is 0 Å². The van der Waals surface area contributed by atoms with Gasteiger partial charge in [0.1, 0.15) is 6.29 Å². The van der Waals surface area contributed by atoms with Crippen molar-refractivity contribution in [3.63, 3.8) is 0 Å². The lowest BCUT2D eigenvalue weighted by Gasteiger charge is -2.48. The number of hydrogen-bond donors (Lipinski definition) is 0. The Kier molecular flexibility index (Phi) is 5.93. The first-order valence-electron chi connectivity index (χ1n) is 9.59. The molecule has 2 nitrogen and oxygen atoms in total. The lowest BCUT2D eigenvalue weighted by atomic mass is 9.62. The summed E-state index contributed by atoms with van der Waals surface area (Å²) in [4.78, 5) is 11.3. The number of aldehydes is 1. The van der Waals surface area contributed by atoms with Crippen molar-refractivity contribution < 1.29 is 9.22 Å². The number of fused-ring (bicyclic) bond motifs is 1. The Balaban J connectivity index is 2.17. The molecule has 2 aliphatic carbocycles. The Morgan fingerprint density at radius 1 is 1.18 bits per heavy atom. The molecule has 0 bridgehead atoms. The summed E-state index contributed by atoms with van der Waals surface area (Å²) in [7, 11) is -1.52. The maximum atomic E-state index is 11.3. The van der Waals surface area contributed by atoms with Gasteiger partial charge in [-0.25, -0.2) is 0 Å². The van der Waals surface area contributed by atoms with Crippen LogP contribution in [0, 0.1) is 23.2 Å².